The highest BCUT2D eigenvalue weighted by atomic mass is 16.1. The Morgan fingerprint density at radius 2 is 1.91 bits per heavy atom. The van der Waals surface area contributed by atoms with Crippen molar-refractivity contribution in [3.05, 3.63) is 78.4 Å². The minimum Gasteiger partial charge on any atom is -0.350 e. The summed E-state index contributed by atoms with van der Waals surface area (Å²) in [5.41, 5.74) is 2.53. The summed E-state index contributed by atoms with van der Waals surface area (Å²) < 4.78 is 1.83. The number of hydrogen-bond acceptors (Lipinski definition) is 3. The molecule has 0 atom stereocenters. The molecule has 0 radical (unpaired) electrons. The quantitative estimate of drug-likeness (QED) is 0.784. The number of hydrogen-bond donors (Lipinski definition) is 1. The molecule has 1 aromatic carbocycles. The standard InChI is InChI=1S/C17H16N4O/c22-17(16-8-4-5-10-18-16)19-11-9-14-12-20-21(13-14)15-6-2-1-3-7-15/h1-8,10,12-13H,9,11H2,(H,19,22). The first-order valence-corrected chi connectivity index (χ1v) is 7.11. The molecule has 0 aliphatic heterocycles. The fourth-order valence-electron chi connectivity index (χ4n) is 2.12. The molecule has 0 aliphatic carbocycles. The second-order valence-electron chi connectivity index (χ2n) is 4.85. The molecular weight excluding hydrogens is 276 g/mol. The molecule has 0 spiro atoms. The topological polar surface area (TPSA) is 59.8 Å². The van der Waals surface area contributed by atoms with Crippen LogP contribution < -0.4 is 5.32 Å². The van der Waals surface area contributed by atoms with Gasteiger partial charge in [-0.25, -0.2) is 4.68 Å². The van der Waals surface area contributed by atoms with Crippen molar-refractivity contribution < 1.29 is 4.79 Å². The lowest BCUT2D eigenvalue weighted by atomic mass is 10.2. The van der Waals surface area contributed by atoms with Crippen molar-refractivity contribution in [3.8, 4) is 5.69 Å². The molecule has 0 unspecified atom stereocenters. The summed E-state index contributed by atoms with van der Waals surface area (Å²) in [5.74, 6) is -0.156. The van der Waals surface area contributed by atoms with Crippen LogP contribution in [0.15, 0.2) is 67.1 Å². The van der Waals surface area contributed by atoms with Gasteiger partial charge < -0.3 is 5.32 Å². The van der Waals surface area contributed by atoms with Crippen LogP contribution >= 0.6 is 0 Å². The van der Waals surface area contributed by atoms with E-state index in [9.17, 15) is 4.79 Å². The van der Waals surface area contributed by atoms with Gasteiger partial charge in [-0.15, -0.1) is 0 Å². The highest BCUT2D eigenvalue weighted by molar-refractivity contribution is 5.92. The number of carbonyl (C=O) groups excluding carboxylic acids is 1. The van der Waals surface area contributed by atoms with Gasteiger partial charge in [0.1, 0.15) is 5.69 Å². The first-order chi connectivity index (χ1) is 10.8. The summed E-state index contributed by atoms with van der Waals surface area (Å²) in [6.45, 7) is 0.551. The number of para-hydroxylation sites is 1. The van der Waals surface area contributed by atoms with Gasteiger partial charge in [-0.05, 0) is 36.2 Å². The van der Waals surface area contributed by atoms with E-state index >= 15 is 0 Å². The van der Waals surface area contributed by atoms with E-state index in [0.717, 1.165) is 17.7 Å². The van der Waals surface area contributed by atoms with E-state index < -0.39 is 0 Å². The Morgan fingerprint density at radius 1 is 1.09 bits per heavy atom. The summed E-state index contributed by atoms with van der Waals surface area (Å²) in [6.07, 6.45) is 6.13. The SMILES string of the molecule is O=C(NCCc1cnn(-c2ccccc2)c1)c1ccccn1. The van der Waals surface area contributed by atoms with Gasteiger partial charge in [0.25, 0.3) is 5.91 Å². The Labute approximate surface area is 128 Å². The van der Waals surface area contributed by atoms with E-state index in [4.69, 9.17) is 0 Å². The maximum atomic E-state index is 11.9. The number of nitrogens with zero attached hydrogens (tertiary/aromatic N) is 3. The molecule has 2 aromatic heterocycles. The van der Waals surface area contributed by atoms with Crippen LogP contribution in [0.1, 0.15) is 16.1 Å². The molecule has 22 heavy (non-hydrogen) atoms. The first-order valence-electron chi connectivity index (χ1n) is 7.11. The minimum atomic E-state index is -0.156. The number of aromatic nitrogens is 3. The van der Waals surface area contributed by atoms with Crippen molar-refractivity contribution in [1.29, 1.82) is 0 Å². The molecule has 1 N–H and O–H groups in total. The van der Waals surface area contributed by atoms with Gasteiger partial charge >= 0.3 is 0 Å². The maximum absolute atomic E-state index is 11.9. The average Bonchev–Trinajstić information content (AvgIpc) is 3.05. The fourth-order valence-corrected chi connectivity index (χ4v) is 2.12. The highest BCUT2D eigenvalue weighted by Gasteiger charge is 2.06. The fraction of sp³-hybridized carbons (Fsp3) is 0.118. The predicted molar refractivity (Wildman–Crippen MR) is 83.8 cm³/mol. The average molecular weight is 292 g/mol. The second-order valence-corrected chi connectivity index (χ2v) is 4.85. The predicted octanol–water partition coefficient (Wildman–Crippen LogP) is 2.24. The van der Waals surface area contributed by atoms with E-state index in [1.165, 1.54) is 0 Å². The molecule has 0 saturated heterocycles. The first kappa shape index (κ1) is 14.0. The Balaban J connectivity index is 1.55. The molecule has 1 amide bonds. The van der Waals surface area contributed by atoms with E-state index in [1.54, 1.807) is 24.4 Å². The number of rotatable bonds is 5. The van der Waals surface area contributed by atoms with E-state index in [2.05, 4.69) is 15.4 Å². The minimum absolute atomic E-state index is 0.156. The van der Waals surface area contributed by atoms with Gasteiger partial charge in [0, 0.05) is 18.9 Å². The van der Waals surface area contributed by atoms with Gasteiger partial charge in [0.2, 0.25) is 0 Å². The van der Waals surface area contributed by atoms with Crippen LogP contribution in [0.5, 0.6) is 0 Å². The van der Waals surface area contributed by atoms with Crippen LogP contribution in [0, 0.1) is 0 Å². The third-order valence-electron chi connectivity index (χ3n) is 3.25. The Kier molecular flexibility index (Phi) is 4.25. The summed E-state index contributed by atoms with van der Waals surface area (Å²) >= 11 is 0. The molecule has 3 aromatic rings. The van der Waals surface area contributed by atoms with Gasteiger partial charge in [-0.3, -0.25) is 9.78 Å². The largest absolute Gasteiger partial charge is 0.350 e. The highest BCUT2D eigenvalue weighted by Crippen LogP contribution is 2.07. The Morgan fingerprint density at radius 3 is 2.68 bits per heavy atom. The van der Waals surface area contributed by atoms with Crippen molar-refractivity contribution in [2.45, 2.75) is 6.42 Å². The zero-order chi connectivity index (χ0) is 15.2. The van der Waals surface area contributed by atoms with E-state index in [0.29, 0.717) is 12.2 Å². The zero-order valence-corrected chi connectivity index (χ0v) is 12.0. The van der Waals surface area contributed by atoms with Crippen LogP contribution in [-0.2, 0) is 6.42 Å². The number of benzene rings is 1. The molecule has 2 heterocycles. The van der Waals surface area contributed by atoms with Crippen molar-refractivity contribution in [3.63, 3.8) is 0 Å². The van der Waals surface area contributed by atoms with Crippen LogP contribution in [0.4, 0.5) is 0 Å². The molecule has 3 rings (SSSR count). The normalized spacial score (nSPS) is 10.4. The van der Waals surface area contributed by atoms with Crippen LogP contribution in [0.2, 0.25) is 0 Å². The van der Waals surface area contributed by atoms with Gasteiger partial charge in [-0.1, -0.05) is 24.3 Å². The molecule has 0 aliphatic rings. The lowest BCUT2D eigenvalue weighted by Crippen LogP contribution is -2.26. The molecule has 0 bridgehead atoms. The van der Waals surface area contributed by atoms with Gasteiger partial charge in [0.15, 0.2) is 0 Å². The number of nitrogens with one attached hydrogen (secondary N) is 1. The third-order valence-corrected chi connectivity index (χ3v) is 3.25. The second kappa shape index (κ2) is 6.67. The van der Waals surface area contributed by atoms with Crippen LogP contribution in [0.25, 0.3) is 5.69 Å². The molecule has 0 fully saturated rings. The monoisotopic (exact) mass is 292 g/mol. The Hall–Kier alpha value is -2.95. The van der Waals surface area contributed by atoms with Crippen molar-refractivity contribution in [2.24, 2.45) is 0 Å². The van der Waals surface area contributed by atoms with Crippen molar-refractivity contribution in [1.82, 2.24) is 20.1 Å². The Bertz CT molecular complexity index is 738. The molecule has 0 saturated carbocycles. The number of pyridine rings is 1. The lowest BCUT2D eigenvalue weighted by molar-refractivity contribution is 0.0949. The maximum Gasteiger partial charge on any atom is 0.269 e. The number of amides is 1. The summed E-state index contributed by atoms with van der Waals surface area (Å²) in [6, 6.07) is 15.2. The van der Waals surface area contributed by atoms with Gasteiger partial charge in [-0.2, -0.15) is 5.10 Å². The molecule has 5 heteroatoms. The zero-order valence-electron chi connectivity index (χ0n) is 12.0. The smallest absolute Gasteiger partial charge is 0.269 e. The molecule has 5 nitrogen and oxygen atoms in total. The summed E-state index contributed by atoms with van der Waals surface area (Å²) in [7, 11) is 0. The van der Waals surface area contributed by atoms with E-state index in [-0.39, 0.29) is 5.91 Å². The lowest BCUT2D eigenvalue weighted by Gasteiger charge is -2.03. The van der Waals surface area contributed by atoms with Crippen LogP contribution in [-0.4, -0.2) is 27.2 Å². The van der Waals surface area contributed by atoms with Gasteiger partial charge in [0.05, 0.1) is 11.9 Å². The number of carbonyl (C=O) groups is 1. The summed E-state index contributed by atoms with van der Waals surface area (Å²) in [5, 5.41) is 7.19. The van der Waals surface area contributed by atoms with Crippen molar-refractivity contribution >= 4 is 5.91 Å². The van der Waals surface area contributed by atoms with Crippen molar-refractivity contribution in [2.75, 3.05) is 6.54 Å². The summed E-state index contributed by atoms with van der Waals surface area (Å²) in [4.78, 5) is 15.9. The molecule has 110 valence electrons. The van der Waals surface area contributed by atoms with Crippen LogP contribution in [0.3, 0.4) is 0 Å². The molecular formula is C17H16N4O. The third kappa shape index (κ3) is 3.38. The van der Waals surface area contributed by atoms with E-state index in [1.807, 2.05) is 47.4 Å².